The first-order valence-corrected chi connectivity index (χ1v) is 11.6. The summed E-state index contributed by atoms with van der Waals surface area (Å²) in [5.41, 5.74) is 2.13. The average molecular weight is 456 g/mol. The van der Waals surface area contributed by atoms with Crippen LogP contribution in [0.5, 0.6) is 23.0 Å². The van der Waals surface area contributed by atoms with E-state index in [4.69, 9.17) is 18.6 Å². The summed E-state index contributed by atoms with van der Waals surface area (Å²) >= 11 is 0. The van der Waals surface area contributed by atoms with E-state index < -0.39 is 6.10 Å². The molecule has 0 radical (unpaired) electrons. The zero-order valence-corrected chi connectivity index (χ0v) is 19.4. The van der Waals surface area contributed by atoms with Crippen LogP contribution >= 0.6 is 0 Å². The predicted octanol–water partition coefficient (Wildman–Crippen LogP) is 4.69. The highest BCUT2D eigenvalue weighted by molar-refractivity contribution is 5.93. The minimum Gasteiger partial charge on any atom is -0.508 e. The van der Waals surface area contributed by atoms with Crippen LogP contribution in [0.25, 0.3) is 11.0 Å². The number of benzene rings is 2. The predicted molar refractivity (Wildman–Crippen MR) is 126 cm³/mol. The number of phenolic OH excluding ortho intramolecular Hbond substituents is 1. The molecule has 1 aliphatic rings. The van der Waals surface area contributed by atoms with Gasteiger partial charge in [0.1, 0.15) is 18.1 Å². The van der Waals surface area contributed by atoms with Crippen LogP contribution in [0.15, 0.2) is 41.0 Å². The van der Waals surface area contributed by atoms with E-state index in [-0.39, 0.29) is 5.75 Å². The number of nitrogens with zero attached hydrogens (tertiary/aromatic N) is 1. The van der Waals surface area contributed by atoms with Gasteiger partial charge in [-0.15, -0.1) is 0 Å². The monoisotopic (exact) mass is 455 g/mol. The van der Waals surface area contributed by atoms with Gasteiger partial charge in [-0.1, -0.05) is 18.6 Å². The zero-order chi connectivity index (χ0) is 23.2. The Balaban J connectivity index is 1.62. The Kier molecular flexibility index (Phi) is 7.62. The van der Waals surface area contributed by atoms with Crippen LogP contribution in [0.4, 0.5) is 0 Å². The van der Waals surface area contributed by atoms with Crippen LogP contribution in [-0.2, 0) is 6.42 Å². The normalized spacial score (nSPS) is 15.5. The van der Waals surface area contributed by atoms with Gasteiger partial charge in [0.05, 0.1) is 37.5 Å². The Morgan fingerprint density at radius 2 is 1.70 bits per heavy atom. The average Bonchev–Trinajstić information content (AvgIpc) is 3.32. The number of furan rings is 1. The number of hydrogen-bond donors (Lipinski definition) is 2. The summed E-state index contributed by atoms with van der Waals surface area (Å²) in [4.78, 5) is 2.40. The fourth-order valence-electron chi connectivity index (χ4n) is 4.56. The van der Waals surface area contributed by atoms with Crippen LogP contribution in [-0.4, -0.2) is 55.6 Å². The van der Waals surface area contributed by atoms with Gasteiger partial charge in [0.15, 0.2) is 11.3 Å². The van der Waals surface area contributed by atoms with Gasteiger partial charge in [-0.05, 0) is 62.5 Å². The molecule has 0 saturated carbocycles. The molecule has 2 N–H and O–H groups in total. The Bertz CT molecular complexity index is 1040. The van der Waals surface area contributed by atoms with Gasteiger partial charge < -0.3 is 28.8 Å². The molecule has 0 bridgehead atoms. The van der Waals surface area contributed by atoms with Gasteiger partial charge in [0.25, 0.3) is 0 Å². The highest BCUT2D eigenvalue weighted by Gasteiger charge is 2.29. The molecule has 7 heteroatoms. The highest BCUT2D eigenvalue weighted by atomic mass is 16.5. The molecule has 2 heterocycles. The molecule has 4 rings (SSSR count). The third-order valence-corrected chi connectivity index (χ3v) is 6.30. The number of aliphatic hydroxyl groups excluding tert-OH is 1. The minimum atomic E-state index is -0.841. The molecule has 178 valence electrons. The summed E-state index contributed by atoms with van der Waals surface area (Å²) in [6.07, 6.45) is 5.55. The third kappa shape index (κ3) is 5.20. The van der Waals surface area contributed by atoms with Crippen molar-refractivity contribution in [1.82, 2.24) is 4.90 Å². The van der Waals surface area contributed by atoms with Gasteiger partial charge in [0, 0.05) is 6.54 Å². The molecule has 1 saturated heterocycles. The molecule has 7 nitrogen and oxygen atoms in total. The standard InChI is InChI=1S/C26H33NO6/c1-30-23-20-12-16-32-24(20)26(31-2)25(33-17-15-27-13-4-3-5-14-27)22(23)21(29)11-8-18-6-9-19(28)10-7-18/h6-7,9-10,12,16,21,28-29H,3-5,8,11,13-15,17H2,1-2H3/t21-/m0/s1. The van der Waals surface area contributed by atoms with Crippen molar-refractivity contribution in [3.63, 3.8) is 0 Å². The van der Waals surface area contributed by atoms with Crippen molar-refractivity contribution in [3.05, 3.63) is 47.7 Å². The van der Waals surface area contributed by atoms with Crippen molar-refractivity contribution in [2.45, 2.75) is 38.2 Å². The number of piperidine rings is 1. The van der Waals surface area contributed by atoms with Crippen LogP contribution in [0.3, 0.4) is 0 Å². The molecular weight excluding hydrogens is 422 g/mol. The van der Waals surface area contributed by atoms with E-state index in [0.29, 0.717) is 47.8 Å². The molecule has 3 aromatic rings. The van der Waals surface area contributed by atoms with Crippen molar-refractivity contribution in [2.75, 3.05) is 40.5 Å². The second-order valence-electron chi connectivity index (χ2n) is 8.44. The molecule has 0 unspecified atom stereocenters. The van der Waals surface area contributed by atoms with Crippen molar-refractivity contribution >= 4 is 11.0 Å². The molecule has 33 heavy (non-hydrogen) atoms. The minimum absolute atomic E-state index is 0.223. The van der Waals surface area contributed by atoms with Gasteiger partial charge >= 0.3 is 0 Å². The fourth-order valence-corrected chi connectivity index (χ4v) is 4.56. The lowest BCUT2D eigenvalue weighted by Gasteiger charge is -2.27. The Hall–Kier alpha value is -2.90. The van der Waals surface area contributed by atoms with Gasteiger partial charge in [-0.25, -0.2) is 0 Å². The lowest BCUT2D eigenvalue weighted by molar-refractivity contribution is 0.149. The van der Waals surface area contributed by atoms with E-state index in [1.807, 2.05) is 18.2 Å². The maximum atomic E-state index is 11.3. The Labute approximate surface area is 194 Å². The third-order valence-electron chi connectivity index (χ3n) is 6.30. The first kappa shape index (κ1) is 23.3. The van der Waals surface area contributed by atoms with E-state index in [1.54, 1.807) is 32.6 Å². The maximum Gasteiger partial charge on any atom is 0.205 e. The van der Waals surface area contributed by atoms with Crippen LogP contribution in [0.1, 0.15) is 42.9 Å². The SMILES string of the molecule is COc1c([C@@H](O)CCc2ccc(O)cc2)c(OCCN2CCCCC2)c(OC)c2occc12. The van der Waals surface area contributed by atoms with E-state index >= 15 is 0 Å². The summed E-state index contributed by atoms with van der Waals surface area (Å²) in [6, 6.07) is 8.82. The molecular formula is C26H33NO6. The second kappa shape index (κ2) is 10.8. The molecule has 0 aliphatic carbocycles. The summed E-state index contributed by atoms with van der Waals surface area (Å²) in [5, 5.41) is 21.5. The number of phenols is 1. The summed E-state index contributed by atoms with van der Waals surface area (Å²) in [7, 11) is 3.16. The fraction of sp³-hybridized carbons (Fsp3) is 0.462. The van der Waals surface area contributed by atoms with E-state index in [1.165, 1.54) is 19.3 Å². The molecule has 0 amide bonds. The second-order valence-corrected chi connectivity index (χ2v) is 8.44. The number of hydrogen-bond acceptors (Lipinski definition) is 7. The quantitative estimate of drug-likeness (QED) is 0.459. The van der Waals surface area contributed by atoms with Crippen LogP contribution in [0.2, 0.25) is 0 Å². The Morgan fingerprint density at radius 1 is 0.970 bits per heavy atom. The summed E-state index contributed by atoms with van der Waals surface area (Å²) in [5.74, 6) is 1.69. The van der Waals surface area contributed by atoms with Crippen LogP contribution in [0, 0.1) is 0 Å². The number of likely N-dealkylation sites (tertiary alicyclic amines) is 1. The van der Waals surface area contributed by atoms with Gasteiger partial charge in [0.2, 0.25) is 5.75 Å². The van der Waals surface area contributed by atoms with Crippen molar-refractivity contribution in [2.24, 2.45) is 0 Å². The van der Waals surface area contributed by atoms with Crippen molar-refractivity contribution in [3.8, 4) is 23.0 Å². The lowest BCUT2D eigenvalue weighted by atomic mass is 9.97. The van der Waals surface area contributed by atoms with Crippen LogP contribution < -0.4 is 14.2 Å². The molecule has 0 spiro atoms. The number of aliphatic hydroxyl groups is 1. The number of aryl methyl sites for hydroxylation is 1. The largest absolute Gasteiger partial charge is 0.508 e. The van der Waals surface area contributed by atoms with Gasteiger partial charge in [-0.2, -0.15) is 0 Å². The number of rotatable bonds is 10. The Morgan fingerprint density at radius 3 is 2.39 bits per heavy atom. The number of methoxy groups -OCH3 is 2. The van der Waals surface area contributed by atoms with E-state index in [2.05, 4.69) is 4.90 Å². The number of ether oxygens (including phenoxy) is 3. The van der Waals surface area contributed by atoms with Crippen molar-refractivity contribution in [1.29, 1.82) is 0 Å². The zero-order valence-electron chi connectivity index (χ0n) is 19.4. The smallest absolute Gasteiger partial charge is 0.205 e. The van der Waals surface area contributed by atoms with Crippen molar-refractivity contribution < 1.29 is 28.8 Å². The first-order chi connectivity index (χ1) is 16.1. The topological polar surface area (TPSA) is 84.5 Å². The molecule has 2 aromatic carbocycles. The van der Waals surface area contributed by atoms with E-state index in [0.717, 1.165) is 30.6 Å². The van der Waals surface area contributed by atoms with Gasteiger partial charge in [-0.3, -0.25) is 4.90 Å². The molecule has 1 fully saturated rings. The summed E-state index contributed by atoms with van der Waals surface area (Å²) < 4.78 is 23.4. The summed E-state index contributed by atoms with van der Waals surface area (Å²) in [6.45, 7) is 3.46. The lowest BCUT2D eigenvalue weighted by Crippen LogP contribution is -2.33. The number of fused-ring (bicyclic) bond motifs is 1. The maximum absolute atomic E-state index is 11.3. The molecule has 1 aromatic heterocycles. The first-order valence-electron chi connectivity index (χ1n) is 11.6. The molecule has 1 aliphatic heterocycles. The highest BCUT2D eigenvalue weighted by Crippen LogP contribution is 2.49. The number of aromatic hydroxyl groups is 1. The molecule has 1 atom stereocenters. The van der Waals surface area contributed by atoms with E-state index in [9.17, 15) is 10.2 Å².